The maximum absolute atomic E-state index is 5.77. The molecule has 5 heteroatoms. The van der Waals surface area contributed by atoms with Gasteiger partial charge in [-0.25, -0.2) is 5.43 Å². The number of ether oxygens (including phenoxy) is 1. The molecular weight excluding hydrogens is 443 g/mol. The van der Waals surface area contributed by atoms with E-state index in [0.29, 0.717) is 0 Å². The molecule has 0 spiro atoms. The van der Waals surface area contributed by atoms with E-state index in [1.165, 1.54) is 3.57 Å². The van der Waals surface area contributed by atoms with Gasteiger partial charge in [-0.15, -0.1) is 0 Å². The van der Waals surface area contributed by atoms with Crippen LogP contribution in [0.25, 0.3) is 0 Å². The fourth-order valence-electron chi connectivity index (χ4n) is 2.11. The van der Waals surface area contributed by atoms with Gasteiger partial charge in [0.2, 0.25) is 0 Å². The zero-order chi connectivity index (χ0) is 15.4. The van der Waals surface area contributed by atoms with Crippen LogP contribution in [0.15, 0.2) is 46.9 Å². The Morgan fingerprint density at radius 3 is 2.38 bits per heavy atom. The van der Waals surface area contributed by atoms with E-state index in [1.54, 1.807) is 0 Å². The van der Waals surface area contributed by atoms with Crippen LogP contribution in [0.5, 0.6) is 5.75 Å². The Morgan fingerprint density at radius 2 is 1.81 bits per heavy atom. The van der Waals surface area contributed by atoms with Crippen molar-refractivity contribution in [2.75, 3.05) is 0 Å². The monoisotopic (exact) mass is 460 g/mol. The Labute approximate surface area is 147 Å². The Hall–Kier alpha value is -0.630. The van der Waals surface area contributed by atoms with Crippen LogP contribution in [-0.4, -0.2) is 6.10 Å². The quantitative estimate of drug-likeness (QED) is 0.395. The molecule has 3 N–H and O–H groups in total. The van der Waals surface area contributed by atoms with Crippen LogP contribution in [0.1, 0.15) is 31.0 Å². The van der Waals surface area contributed by atoms with Crippen molar-refractivity contribution in [3.8, 4) is 5.75 Å². The molecule has 0 fully saturated rings. The maximum Gasteiger partial charge on any atom is 0.119 e. The molecule has 0 amide bonds. The van der Waals surface area contributed by atoms with Crippen LogP contribution in [0.3, 0.4) is 0 Å². The number of hydrogen-bond donors (Lipinski definition) is 2. The lowest BCUT2D eigenvalue weighted by molar-refractivity contribution is 0.242. The second-order valence-corrected chi connectivity index (χ2v) is 7.10. The van der Waals surface area contributed by atoms with Crippen molar-refractivity contribution in [1.29, 1.82) is 0 Å². The average Bonchev–Trinajstić information content (AvgIpc) is 2.44. The van der Waals surface area contributed by atoms with Gasteiger partial charge in [-0.2, -0.15) is 0 Å². The summed E-state index contributed by atoms with van der Waals surface area (Å²) in [4.78, 5) is 0. The molecule has 0 aliphatic rings. The molecule has 2 aromatic rings. The summed E-state index contributed by atoms with van der Waals surface area (Å²) in [6, 6.07) is 14.2. The molecule has 0 aliphatic heterocycles. The highest BCUT2D eigenvalue weighted by molar-refractivity contribution is 14.1. The number of nitrogens with one attached hydrogen (secondary N) is 1. The molecule has 0 radical (unpaired) electrons. The molecular formula is C16H18BrIN2O. The molecule has 0 bridgehead atoms. The Kier molecular flexibility index (Phi) is 6.04. The predicted molar refractivity (Wildman–Crippen MR) is 98.2 cm³/mol. The number of hydrogen-bond acceptors (Lipinski definition) is 3. The lowest BCUT2D eigenvalue weighted by Crippen LogP contribution is -2.29. The van der Waals surface area contributed by atoms with Crippen LogP contribution in [0.2, 0.25) is 0 Å². The highest BCUT2D eigenvalue weighted by Crippen LogP contribution is 2.30. The molecule has 0 saturated heterocycles. The number of nitrogens with two attached hydrogens (primary N) is 1. The SMILES string of the molecule is CC(C)Oc1ccc(C(NN)c2cc(I)ccc2Br)cc1. The molecule has 0 saturated carbocycles. The van der Waals surface area contributed by atoms with Crippen molar-refractivity contribution in [1.82, 2.24) is 5.43 Å². The first-order valence-electron chi connectivity index (χ1n) is 6.69. The number of halogens is 2. The van der Waals surface area contributed by atoms with Gasteiger partial charge in [0.15, 0.2) is 0 Å². The van der Waals surface area contributed by atoms with E-state index >= 15 is 0 Å². The van der Waals surface area contributed by atoms with E-state index < -0.39 is 0 Å². The molecule has 0 heterocycles. The Bertz CT molecular complexity index is 602. The average molecular weight is 461 g/mol. The Morgan fingerprint density at radius 1 is 1.14 bits per heavy atom. The zero-order valence-corrected chi connectivity index (χ0v) is 15.7. The molecule has 2 rings (SSSR count). The van der Waals surface area contributed by atoms with Gasteiger partial charge in [-0.05, 0) is 77.9 Å². The first-order valence-corrected chi connectivity index (χ1v) is 8.56. The smallest absolute Gasteiger partial charge is 0.119 e. The van der Waals surface area contributed by atoms with Gasteiger partial charge in [0.25, 0.3) is 0 Å². The summed E-state index contributed by atoms with van der Waals surface area (Å²) in [7, 11) is 0. The molecule has 0 aliphatic carbocycles. The van der Waals surface area contributed by atoms with E-state index in [0.717, 1.165) is 21.3 Å². The second-order valence-electron chi connectivity index (χ2n) is 5.00. The summed E-state index contributed by atoms with van der Waals surface area (Å²) in [6.07, 6.45) is 0.170. The van der Waals surface area contributed by atoms with Crippen molar-refractivity contribution in [3.05, 3.63) is 61.6 Å². The summed E-state index contributed by atoms with van der Waals surface area (Å²) in [5, 5.41) is 0. The first-order chi connectivity index (χ1) is 10.0. The van der Waals surface area contributed by atoms with Gasteiger partial charge < -0.3 is 4.74 Å². The predicted octanol–water partition coefficient (Wildman–Crippen LogP) is 4.39. The topological polar surface area (TPSA) is 47.3 Å². The minimum Gasteiger partial charge on any atom is -0.491 e. The van der Waals surface area contributed by atoms with Crippen LogP contribution < -0.4 is 16.0 Å². The second kappa shape index (κ2) is 7.58. The maximum atomic E-state index is 5.77. The fraction of sp³-hybridized carbons (Fsp3) is 0.250. The van der Waals surface area contributed by atoms with Gasteiger partial charge in [0.05, 0.1) is 12.1 Å². The largest absolute Gasteiger partial charge is 0.491 e. The van der Waals surface area contributed by atoms with Crippen molar-refractivity contribution in [2.24, 2.45) is 5.84 Å². The van der Waals surface area contributed by atoms with Crippen LogP contribution in [-0.2, 0) is 0 Å². The van der Waals surface area contributed by atoms with Crippen molar-refractivity contribution in [2.45, 2.75) is 26.0 Å². The summed E-state index contributed by atoms with van der Waals surface area (Å²) in [6.45, 7) is 4.03. The van der Waals surface area contributed by atoms with Crippen molar-refractivity contribution < 1.29 is 4.74 Å². The Balaban J connectivity index is 2.31. The highest BCUT2D eigenvalue weighted by atomic mass is 127. The lowest BCUT2D eigenvalue weighted by Gasteiger charge is -2.19. The molecule has 3 nitrogen and oxygen atoms in total. The zero-order valence-electron chi connectivity index (χ0n) is 11.9. The molecule has 21 heavy (non-hydrogen) atoms. The third-order valence-electron chi connectivity index (χ3n) is 3.02. The van der Waals surface area contributed by atoms with Gasteiger partial charge in [0.1, 0.15) is 5.75 Å². The van der Waals surface area contributed by atoms with Crippen molar-refractivity contribution >= 4 is 38.5 Å². The third-order valence-corrected chi connectivity index (χ3v) is 4.41. The highest BCUT2D eigenvalue weighted by Gasteiger charge is 2.16. The molecule has 2 aromatic carbocycles. The standard InChI is InChI=1S/C16H18BrIN2O/c1-10(2)21-13-6-3-11(4-7-13)16(20-19)14-9-12(18)5-8-15(14)17/h3-10,16,20H,19H2,1-2H3. The van der Waals surface area contributed by atoms with E-state index in [-0.39, 0.29) is 12.1 Å². The lowest BCUT2D eigenvalue weighted by atomic mass is 9.99. The van der Waals surface area contributed by atoms with Crippen LogP contribution in [0, 0.1) is 3.57 Å². The van der Waals surface area contributed by atoms with E-state index in [9.17, 15) is 0 Å². The van der Waals surface area contributed by atoms with E-state index in [2.05, 4.69) is 56.1 Å². The van der Waals surface area contributed by atoms with Gasteiger partial charge in [0, 0.05) is 8.04 Å². The summed E-state index contributed by atoms with van der Waals surface area (Å²) in [5.41, 5.74) is 5.10. The third kappa shape index (κ3) is 4.42. The van der Waals surface area contributed by atoms with Crippen LogP contribution >= 0.6 is 38.5 Å². The number of benzene rings is 2. The van der Waals surface area contributed by atoms with E-state index in [4.69, 9.17) is 10.6 Å². The van der Waals surface area contributed by atoms with Gasteiger partial charge >= 0.3 is 0 Å². The summed E-state index contributed by atoms with van der Waals surface area (Å²) < 4.78 is 7.88. The first kappa shape index (κ1) is 16.7. The molecule has 1 unspecified atom stereocenters. The van der Waals surface area contributed by atoms with Gasteiger partial charge in [-0.1, -0.05) is 28.1 Å². The van der Waals surface area contributed by atoms with Gasteiger partial charge in [-0.3, -0.25) is 5.84 Å². The van der Waals surface area contributed by atoms with E-state index in [1.807, 2.05) is 44.2 Å². The number of rotatable bonds is 5. The molecule has 1 atom stereocenters. The van der Waals surface area contributed by atoms with Crippen LogP contribution in [0.4, 0.5) is 0 Å². The molecule has 0 aromatic heterocycles. The van der Waals surface area contributed by atoms with Crippen molar-refractivity contribution in [3.63, 3.8) is 0 Å². The minimum atomic E-state index is -0.0674. The summed E-state index contributed by atoms with van der Waals surface area (Å²) >= 11 is 5.89. The normalized spacial score (nSPS) is 12.5. The summed E-state index contributed by atoms with van der Waals surface area (Å²) in [5.74, 6) is 6.64. The molecule has 112 valence electrons. The fourth-order valence-corrected chi connectivity index (χ4v) is 3.10. The minimum absolute atomic E-state index is 0.0674. The number of hydrazine groups is 1.